The van der Waals surface area contributed by atoms with E-state index in [1.165, 1.54) is 4.90 Å². The van der Waals surface area contributed by atoms with Crippen molar-refractivity contribution in [1.82, 2.24) is 10.2 Å². The number of nitrogens with zero attached hydrogens (tertiary/aromatic N) is 1. The monoisotopic (exact) mass is 217 g/mol. The minimum absolute atomic E-state index is 0.0152. The van der Waals surface area contributed by atoms with Gasteiger partial charge in [0.05, 0.1) is 19.7 Å². The van der Waals surface area contributed by atoms with E-state index in [1.54, 1.807) is 7.05 Å². The summed E-state index contributed by atoms with van der Waals surface area (Å²) in [6.45, 7) is 3.43. The van der Waals surface area contributed by atoms with Gasteiger partial charge in [0.25, 0.3) is 0 Å². The van der Waals surface area contributed by atoms with Crippen molar-refractivity contribution in [1.29, 1.82) is 0 Å². The molecule has 0 aromatic carbocycles. The van der Waals surface area contributed by atoms with Crippen molar-refractivity contribution in [2.75, 3.05) is 39.9 Å². The third kappa shape index (κ3) is 6.87. The Kier molecular flexibility index (Phi) is 7.57. The number of carbonyl (C=O) groups excluding carboxylic acids is 2. The number of nitrogens with two attached hydrogens (primary N) is 1. The van der Waals surface area contributed by atoms with Gasteiger partial charge in [-0.05, 0) is 6.92 Å². The lowest BCUT2D eigenvalue weighted by Crippen LogP contribution is -2.41. The van der Waals surface area contributed by atoms with Gasteiger partial charge in [-0.15, -0.1) is 0 Å². The van der Waals surface area contributed by atoms with Crippen LogP contribution in [-0.2, 0) is 14.3 Å². The van der Waals surface area contributed by atoms with Crippen molar-refractivity contribution >= 4 is 11.8 Å². The fourth-order valence-electron chi connectivity index (χ4n) is 0.852. The molecule has 0 saturated carbocycles. The summed E-state index contributed by atoms with van der Waals surface area (Å²) in [4.78, 5) is 23.6. The second-order valence-electron chi connectivity index (χ2n) is 2.99. The summed E-state index contributed by atoms with van der Waals surface area (Å²) in [6.07, 6.45) is 0. The van der Waals surface area contributed by atoms with E-state index in [0.29, 0.717) is 19.8 Å². The minimum atomic E-state index is -0.332. The quantitative estimate of drug-likeness (QED) is 0.511. The number of amides is 2. The van der Waals surface area contributed by atoms with Crippen LogP contribution in [-0.4, -0.2) is 56.6 Å². The summed E-state index contributed by atoms with van der Waals surface area (Å²) < 4.78 is 5.10. The minimum Gasteiger partial charge on any atom is -0.380 e. The van der Waals surface area contributed by atoms with Crippen molar-refractivity contribution in [3.05, 3.63) is 0 Å². The number of rotatable bonds is 7. The number of hydrogen-bond donors (Lipinski definition) is 2. The van der Waals surface area contributed by atoms with Crippen molar-refractivity contribution in [2.45, 2.75) is 6.92 Å². The topological polar surface area (TPSA) is 84.7 Å². The Labute approximate surface area is 89.7 Å². The molecule has 2 amide bonds. The number of carbonyl (C=O) groups is 2. The van der Waals surface area contributed by atoms with E-state index in [1.807, 2.05) is 6.92 Å². The second-order valence-corrected chi connectivity index (χ2v) is 2.99. The Morgan fingerprint density at radius 3 is 2.67 bits per heavy atom. The van der Waals surface area contributed by atoms with E-state index in [2.05, 4.69) is 5.32 Å². The van der Waals surface area contributed by atoms with E-state index in [9.17, 15) is 9.59 Å². The van der Waals surface area contributed by atoms with Crippen LogP contribution in [0.5, 0.6) is 0 Å². The Morgan fingerprint density at radius 2 is 2.13 bits per heavy atom. The molecule has 15 heavy (non-hydrogen) atoms. The average Bonchev–Trinajstić information content (AvgIpc) is 2.25. The van der Waals surface area contributed by atoms with Gasteiger partial charge in [-0.1, -0.05) is 0 Å². The van der Waals surface area contributed by atoms with Crippen LogP contribution in [0.1, 0.15) is 6.92 Å². The third-order valence-corrected chi connectivity index (χ3v) is 1.82. The first-order valence-corrected chi connectivity index (χ1v) is 4.90. The molecule has 0 radical (unpaired) electrons. The molecule has 0 unspecified atom stereocenters. The van der Waals surface area contributed by atoms with Crippen LogP contribution >= 0.6 is 0 Å². The van der Waals surface area contributed by atoms with Crippen LogP contribution in [0, 0.1) is 0 Å². The molecule has 0 saturated heterocycles. The highest BCUT2D eigenvalue weighted by atomic mass is 16.5. The zero-order chi connectivity index (χ0) is 11.7. The normalized spacial score (nSPS) is 9.80. The van der Waals surface area contributed by atoms with Gasteiger partial charge in [0.15, 0.2) is 0 Å². The molecule has 0 aliphatic rings. The summed E-state index contributed by atoms with van der Waals surface area (Å²) in [7, 11) is 1.66. The molecular formula is C9H19N3O3. The molecule has 0 fully saturated rings. The van der Waals surface area contributed by atoms with Crippen LogP contribution in [0.3, 0.4) is 0 Å². The molecule has 0 spiro atoms. The molecule has 0 atom stereocenters. The van der Waals surface area contributed by atoms with Crippen molar-refractivity contribution < 1.29 is 14.3 Å². The summed E-state index contributed by atoms with van der Waals surface area (Å²) in [5, 5.41) is 2.41. The Morgan fingerprint density at radius 1 is 1.47 bits per heavy atom. The standard InChI is InChI=1S/C9H19N3O3/c1-3-15-5-4-12(2)9(14)7-11-8(13)6-10/h3-7,10H2,1-2H3,(H,11,13). The molecule has 0 aromatic rings. The summed E-state index contributed by atoms with van der Waals surface area (Å²) in [5.41, 5.74) is 5.08. The summed E-state index contributed by atoms with van der Waals surface area (Å²) in [6, 6.07) is 0. The fourth-order valence-corrected chi connectivity index (χ4v) is 0.852. The molecule has 0 heterocycles. The maximum atomic E-state index is 11.4. The lowest BCUT2D eigenvalue weighted by molar-refractivity contribution is -0.132. The van der Waals surface area contributed by atoms with Crippen molar-refractivity contribution in [3.63, 3.8) is 0 Å². The van der Waals surface area contributed by atoms with Gasteiger partial charge in [0.2, 0.25) is 11.8 Å². The smallest absolute Gasteiger partial charge is 0.241 e. The second kappa shape index (κ2) is 8.19. The average molecular weight is 217 g/mol. The molecule has 88 valence electrons. The summed E-state index contributed by atoms with van der Waals surface area (Å²) >= 11 is 0. The highest BCUT2D eigenvalue weighted by Gasteiger charge is 2.08. The number of nitrogens with one attached hydrogen (secondary N) is 1. The van der Waals surface area contributed by atoms with Gasteiger partial charge in [0.1, 0.15) is 0 Å². The van der Waals surface area contributed by atoms with Gasteiger partial charge < -0.3 is 20.7 Å². The van der Waals surface area contributed by atoms with Crippen LogP contribution in [0.15, 0.2) is 0 Å². The van der Waals surface area contributed by atoms with E-state index in [-0.39, 0.29) is 24.9 Å². The molecule has 0 aromatic heterocycles. The maximum absolute atomic E-state index is 11.4. The fraction of sp³-hybridized carbons (Fsp3) is 0.778. The predicted molar refractivity (Wildman–Crippen MR) is 56.2 cm³/mol. The highest BCUT2D eigenvalue weighted by Crippen LogP contribution is 1.84. The van der Waals surface area contributed by atoms with E-state index in [0.717, 1.165) is 0 Å². The SMILES string of the molecule is CCOCCN(C)C(=O)CNC(=O)CN. The van der Waals surface area contributed by atoms with E-state index >= 15 is 0 Å². The van der Waals surface area contributed by atoms with Crippen molar-refractivity contribution in [3.8, 4) is 0 Å². The molecule has 3 N–H and O–H groups in total. The first-order chi connectivity index (χ1) is 7.11. The van der Waals surface area contributed by atoms with Gasteiger partial charge in [-0.25, -0.2) is 0 Å². The van der Waals surface area contributed by atoms with Gasteiger partial charge in [-0.2, -0.15) is 0 Å². The molecule has 0 rings (SSSR count). The number of ether oxygens (including phenoxy) is 1. The van der Waals surface area contributed by atoms with Gasteiger partial charge in [0, 0.05) is 20.2 Å². The molecule has 0 bridgehead atoms. The van der Waals surface area contributed by atoms with Crippen LogP contribution < -0.4 is 11.1 Å². The van der Waals surface area contributed by atoms with E-state index in [4.69, 9.17) is 10.5 Å². The van der Waals surface area contributed by atoms with E-state index < -0.39 is 0 Å². The highest BCUT2D eigenvalue weighted by molar-refractivity contribution is 5.85. The maximum Gasteiger partial charge on any atom is 0.241 e. The van der Waals surface area contributed by atoms with Crippen LogP contribution in [0.25, 0.3) is 0 Å². The van der Waals surface area contributed by atoms with Gasteiger partial charge >= 0.3 is 0 Å². The van der Waals surface area contributed by atoms with Crippen LogP contribution in [0.4, 0.5) is 0 Å². The van der Waals surface area contributed by atoms with Crippen LogP contribution in [0.2, 0.25) is 0 Å². The molecule has 0 aliphatic heterocycles. The Bertz CT molecular complexity index is 209. The predicted octanol–water partition coefficient (Wildman–Crippen LogP) is -1.44. The third-order valence-electron chi connectivity index (χ3n) is 1.82. The van der Waals surface area contributed by atoms with Crippen molar-refractivity contribution in [2.24, 2.45) is 5.73 Å². The Balaban J connectivity index is 3.64. The Hall–Kier alpha value is -1.14. The number of likely N-dealkylation sites (N-methyl/N-ethyl adjacent to an activating group) is 1. The lowest BCUT2D eigenvalue weighted by atomic mass is 10.4. The zero-order valence-electron chi connectivity index (χ0n) is 9.28. The summed E-state index contributed by atoms with van der Waals surface area (Å²) in [5.74, 6) is -0.488. The zero-order valence-corrected chi connectivity index (χ0v) is 9.28. The lowest BCUT2D eigenvalue weighted by Gasteiger charge is -2.17. The van der Waals surface area contributed by atoms with Gasteiger partial charge in [-0.3, -0.25) is 9.59 Å². The first-order valence-electron chi connectivity index (χ1n) is 4.90. The first kappa shape index (κ1) is 13.9. The molecule has 6 nitrogen and oxygen atoms in total. The largest absolute Gasteiger partial charge is 0.380 e. The molecule has 0 aliphatic carbocycles. The molecule has 6 heteroatoms. The number of hydrogen-bond acceptors (Lipinski definition) is 4. The molecular weight excluding hydrogens is 198 g/mol.